The zero-order valence-electron chi connectivity index (χ0n) is 13.4. The summed E-state index contributed by atoms with van der Waals surface area (Å²) in [5.41, 5.74) is 10.9. The molecule has 1 fully saturated rings. The number of nitrogen functional groups attached to an aromatic ring is 1. The highest BCUT2D eigenvalue weighted by Gasteiger charge is 2.17. The van der Waals surface area contributed by atoms with Crippen molar-refractivity contribution in [1.82, 2.24) is 9.88 Å². The number of anilines is 2. The van der Waals surface area contributed by atoms with Crippen LogP contribution in [0.2, 0.25) is 0 Å². The number of likely N-dealkylation sites (tertiary alicyclic amines) is 1. The summed E-state index contributed by atoms with van der Waals surface area (Å²) in [6, 6.07) is 9.21. The van der Waals surface area contributed by atoms with Crippen molar-refractivity contribution in [3.05, 3.63) is 40.8 Å². The molecule has 2 aromatic rings. The van der Waals surface area contributed by atoms with Crippen LogP contribution in [0.1, 0.15) is 37.3 Å². The number of aromatic nitrogens is 1. The number of hydrogen-bond donors (Lipinski definition) is 2. The van der Waals surface area contributed by atoms with E-state index in [2.05, 4.69) is 51.6 Å². The summed E-state index contributed by atoms with van der Waals surface area (Å²) < 4.78 is 0. The van der Waals surface area contributed by atoms with Gasteiger partial charge in [-0.15, -0.1) is 11.3 Å². The third-order valence-electron chi connectivity index (χ3n) is 4.17. The number of piperidine rings is 1. The first-order valence-corrected chi connectivity index (χ1v) is 8.92. The Labute approximate surface area is 141 Å². The summed E-state index contributed by atoms with van der Waals surface area (Å²) in [4.78, 5) is 6.68. The zero-order chi connectivity index (χ0) is 16.1. The topological polar surface area (TPSA) is 66.5 Å². The highest BCUT2D eigenvalue weighted by molar-refractivity contribution is 7.14. The molecule has 3 N–H and O–H groups in total. The van der Waals surface area contributed by atoms with Crippen LogP contribution in [-0.2, 0) is 6.54 Å². The Balaban J connectivity index is 1.60. The smallest absolute Gasteiger partial charge is 0.205 e. The van der Waals surface area contributed by atoms with Gasteiger partial charge in [0.25, 0.3) is 0 Å². The van der Waals surface area contributed by atoms with Crippen LogP contribution in [0.4, 0.5) is 10.9 Å². The predicted octanol–water partition coefficient (Wildman–Crippen LogP) is 3.55. The van der Waals surface area contributed by atoms with Crippen LogP contribution in [-0.4, -0.2) is 28.7 Å². The Hall–Kier alpha value is -1.92. The number of thiazole rings is 1. The van der Waals surface area contributed by atoms with Gasteiger partial charge in [0.05, 0.1) is 6.21 Å². The lowest BCUT2D eigenvalue weighted by molar-refractivity contribution is 0.152. The molecule has 122 valence electrons. The van der Waals surface area contributed by atoms with E-state index in [1.54, 1.807) is 5.38 Å². The summed E-state index contributed by atoms with van der Waals surface area (Å²) in [5.74, 6) is 0.519. The fourth-order valence-corrected chi connectivity index (χ4v) is 3.45. The maximum Gasteiger partial charge on any atom is 0.205 e. The second-order valence-electron chi connectivity index (χ2n) is 6.01. The molecule has 2 heterocycles. The largest absolute Gasteiger partial charge is 0.383 e. The quantitative estimate of drug-likeness (QED) is 0.650. The standard InChI is InChI=1S/C17H23N5S/c1-13-5-2-3-8-22(13)11-15-7-4-6-14(9-15)10-19-21-17-20-16(18)12-23-17/h4,6-7,9-10,12-13H,2-3,5,8,11,18H2,1H3,(H,20,21). The molecule has 0 bridgehead atoms. The molecule has 1 aromatic heterocycles. The van der Waals surface area contributed by atoms with E-state index in [9.17, 15) is 0 Å². The van der Waals surface area contributed by atoms with E-state index < -0.39 is 0 Å². The first-order valence-electron chi connectivity index (χ1n) is 8.04. The monoisotopic (exact) mass is 329 g/mol. The number of nitrogens with two attached hydrogens (primary N) is 1. The molecule has 0 saturated carbocycles. The normalized spacial score (nSPS) is 19.3. The van der Waals surface area contributed by atoms with Crippen molar-refractivity contribution in [1.29, 1.82) is 0 Å². The van der Waals surface area contributed by atoms with Crippen molar-refractivity contribution in [2.24, 2.45) is 5.10 Å². The minimum atomic E-state index is 0.519. The van der Waals surface area contributed by atoms with Crippen molar-refractivity contribution >= 4 is 28.5 Å². The van der Waals surface area contributed by atoms with Crippen LogP contribution in [0.5, 0.6) is 0 Å². The molecule has 0 spiro atoms. The van der Waals surface area contributed by atoms with E-state index in [4.69, 9.17) is 5.73 Å². The first kappa shape index (κ1) is 16.0. The van der Waals surface area contributed by atoms with Crippen LogP contribution >= 0.6 is 11.3 Å². The molecule has 1 atom stereocenters. The van der Waals surface area contributed by atoms with Gasteiger partial charge in [-0.1, -0.05) is 24.6 Å². The highest BCUT2D eigenvalue weighted by atomic mass is 32.1. The Morgan fingerprint density at radius 1 is 1.48 bits per heavy atom. The Morgan fingerprint density at radius 3 is 3.17 bits per heavy atom. The summed E-state index contributed by atoms with van der Waals surface area (Å²) in [5, 5.41) is 6.73. The number of hydrazone groups is 1. The minimum Gasteiger partial charge on any atom is -0.383 e. The Bertz CT molecular complexity index is 667. The Morgan fingerprint density at radius 2 is 2.39 bits per heavy atom. The minimum absolute atomic E-state index is 0.519. The second-order valence-corrected chi connectivity index (χ2v) is 6.87. The lowest BCUT2D eigenvalue weighted by Crippen LogP contribution is -2.36. The van der Waals surface area contributed by atoms with E-state index in [-0.39, 0.29) is 0 Å². The van der Waals surface area contributed by atoms with Crippen molar-refractivity contribution in [2.75, 3.05) is 17.7 Å². The maximum atomic E-state index is 5.58. The molecule has 6 heteroatoms. The molecular weight excluding hydrogens is 306 g/mol. The van der Waals surface area contributed by atoms with Gasteiger partial charge in [-0.2, -0.15) is 5.10 Å². The van der Waals surface area contributed by atoms with Crippen LogP contribution < -0.4 is 11.2 Å². The van der Waals surface area contributed by atoms with Gasteiger partial charge >= 0.3 is 0 Å². The molecule has 1 aliphatic heterocycles. The average molecular weight is 329 g/mol. The number of nitrogens with zero attached hydrogens (tertiary/aromatic N) is 3. The third-order valence-corrected chi connectivity index (χ3v) is 4.94. The van der Waals surface area contributed by atoms with Crippen LogP contribution in [0, 0.1) is 0 Å². The summed E-state index contributed by atoms with van der Waals surface area (Å²) in [7, 11) is 0. The third kappa shape index (κ3) is 4.53. The molecule has 1 saturated heterocycles. The van der Waals surface area contributed by atoms with Gasteiger partial charge in [0.2, 0.25) is 5.13 Å². The average Bonchev–Trinajstić information content (AvgIpc) is 2.96. The molecule has 1 aliphatic rings. The Kier molecular flexibility index (Phi) is 5.25. The van der Waals surface area contributed by atoms with Crippen LogP contribution in [0.3, 0.4) is 0 Å². The first-order chi connectivity index (χ1) is 11.2. The maximum absolute atomic E-state index is 5.58. The lowest BCUT2D eigenvalue weighted by atomic mass is 10.0. The van der Waals surface area contributed by atoms with E-state index in [1.807, 2.05) is 6.21 Å². The van der Waals surface area contributed by atoms with Gasteiger partial charge in [0.1, 0.15) is 5.82 Å². The summed E-state index contributed by atoms with van der Waals surface area (Å²) >= 11 is 1.44. The van der Waals surface area contributed by atoms with Gasteiger partial charge in [-0.05, 0) is 43.5 Å². The van der Waals surface area contributed by atoms with Gasteiger partial charge in [-0.25, -0.2) is 4.98 Å². The van der Waals surface area contributed by atoms with Gasteiger partial charge in [0.15, 0.2) is 0 Å². The molecule has 1 unspecified atom stereocenters. The fraction of sp³-hybridized carbons (Fsp3) is 0.412. The van der Waals surface area contributed by atoms with Gasteiger partial charge < -0.3 is 5.73 Å². The molecule has 0 amide bonds. The van der Waals surface area contributed by atoms with Gasteiger partial charge in [0, 0.05) is 18.0 Å². The van der Waals surface area contributed by atoms with Crippen molar-refractivity contribution in [3.63, 3.8) is 0 Å². The number of rotatable bonds is 5. The number of hydrogen-bond acceptors (Lipinski definition) is 6. The molecular formula is C17H23N5S. The van der Waals surface area contributed by atoms with Crippen molar-refractivity contribution in [2.45, 2.75) is 38.8 Å². The molecule has 23 heavy (non-hydrogen) atoms. The second kappa shape index (κ2) is 7.57. The molecule has 0 radical (unpaired) electrons. The molecule has 5 nitrogen and oxygen atoms in total. The van der Waals surface area contributed by atoms with Crippen LogP contribution in [0.15, 0.2) is 34.7 Å². The van der Waals surface area contributed by atoms with Crippen molar-refractivity contribution < 1.29 is 0 Å². The molecule has 0 aliphatic carbocycles. The SMILES string of the molecule is CC1CCCCN1Cc1cccc(C=NNc2nc(N)cs2)c1. The van der Waals surface area contributed by atoms with E-state index >= 15 is 0 Å². The number of benzene rings is 1. The van der Waals surface area contributed by atoms with Gasteiger partial charge in [-0.3, -0.25) is 10.3 Å². The summed E-state index contributed by atoms with van der Waals surface area (Å²) in [6.45, 7) is 4.54. The van der Waals surface area contributed by atoms with E-state index in [0.717, 1.165) is 12.1 Å². The summed E-state index contributed by atoms with van der Waals surface area (Å²) in [6.07, 6.45) is 5.80. The highest BCUT2D eigenvalue weighted by Crippen LogP contribution is 2.19. The van der Waals surface area contributed by atoms with Crippen LogP contribution in [0.25, 0.3) is 0 Å². The van der Waals surface area contributed by atoms with E-state index in [0.29, 0.717) is 17.0 Å². The predicted molar refractivity (Wildman–Crippen MR) is 97.9 cm³/mol. The molecule has 3 rings (SSSR count). The lowest BCUT2D eigenvalue weighted by Gasteiger charge is -2.33. The zero-order valence-corrected chi connectivity index (χ0v) is 14.2. The molecule has 1 aromatic carbocycles. The van der Waals surface area contributed by atoms with Crippen molar-refractivity contribution in [3.8, 4) is 0 Å². The fourth-order valence-electron chi connectivity index (χ4n) is 2.90. The van der Waals surface area contributed by atoms with E-state index in [1.165, 1.54) is 42.7 Å². The number of nitrogens with one attached hydrogen (secondary N) is 1.